The highest BCUT2D eigenvalue weighted by Crippen LogP contribution is 2.35. The number of benzene rings is 1. The Morgan fingerprint density at radius 2 is 2.19 bits per heavy atom. The molecule has 0 aliphatic carbocycles. The highest BCUT2D eigenvalue weighted by molar-refractivity contribution is 5.44. The van der Waals surface area contributed by atoms with E-state index in [4.69, 9.17) is 4.74 Å². The molecule has 2 rings (SSSR count). The summed E-state index contributed by atoms with van der Waals surface area (Å²) in [6, 6.07) is 3.32. The zero-order valence-electron chi connectivity index (χ0n) is 10.0. The Morgan fingerprint density at radius 3 is 2.81 bits per heavy atom. The van der Waals surface area contributed by atoms with E-state index in [2.05, 4.69) is 19.2 Å². The Hall–Kier alpha value is -1.09. The summed E-state index contributed by atoms with van der Waals surface area (Å²) >= 11 is 0. The number of methoxy groups -OCH3 is 1. The fourth-order valence-corrected chi connectivity index (χ4v) is 2.43. The van der Waals surface area contributed by atoms with Crippen LogP contribution in [0.2, 0.25) is 0 Å². The van der Waals surface area contributed by atoms with Gasteiger partial charge in [-0.25, -0.2) is 4.39 Å². The van der Waals surface area contributed by atoms with Crippen LogP contribution < -0.4 is 10.1 Å². The minimum Gasteiger partial charge on any atom is -0.496 e. The zero-order valence-corrected chi connectivity index (χ0v) is 10.0. The molecule has 3 heteroatoms. The molecule has 0 saturated heterocycles. The largest absolute Gasteiger partial charge is 0.496 e. The molecule has 0 amide bonds. The minimum absolute atomic E-state index is 0.0962. The third-order valence-electron chi connectivity index (χ3n) is 3.20. The quantitative estimate of drug-likeness (QED) is 0.832. The second-order valence-corrected chi connectivity index (χ2v) is 4.57. The third-order valence-corrected chi connectivity index (χ3v) is 3.20. The lowest BCUT2D eigenvalue weighted by molar-refractivity contribution is 0.361. The van der Waals surface area contributed by atoms with Crippen LogP contribution in [0.4, 0.5) is 4.39 Å². The lowest BCUT2D eigenvalue weighted by Crippen LogP contribution is -2.34. The maximum absolute atomic E-state index is 13.9. The topological polar surface area (TPSA) is 21.3 Å². The van der Waals surface area contributed by atoms with Crippen molar-refractivity contribution in [2.45, 2.75) is 26.3 Å². The van der Waals surface area contributed by atoms with E-state index >= 15 is 0 Å². The summed E-state index contributed by atoms with van der Waals surface area (Å²) in [5, 5.41) is 3.37. The van der Waals surface area contributed by atoms with Crippen LogP contribution in [0, 0.1) is 11.7 Å². The van der Waals surface area contributed by atoms with E-state index in [-0.39, 0.29) is 11.9 Å². The van der Waals surface area contributed by atoms with Gasteiger partial charge < -0.3 is 10.1 Å². The second-order valence-electron chi connectivity index (χ2n) is 4.57. The Balaban J connectivity index is 2.54. The van der Waals surface area contributed by atoms with Crippen molar-refractivity contribution in [1.29, 1.82) is 0 Å². The molecule has 0 spiro atoms. The molecule has 88 valence electrons. The monoisotopic (exact) mass is 223 g/mol. The molecule has 1 N–H and O–H groups in total. The van der Waals surface area contributed by atoms with Crippen molar-refractivity contribution in [3.63, 3.8) is 0 Å². The third kappa shape index (κ3) is 1.80. The van der Waals surface area contributed by atoms with Crippen molar-refractivity contribution in [1.82, 2.24) is 5.32 Å². The summed E-state index contributed by atoms with van der Waals surface area (Å²) in [5.74, 6) is 1.06. The van der Waals surface area contributed by atoms with Crippen LogP contribution in [0.1, 0.15) is 31.0 Å². The van der Waals surface area contributed by atoms with Crippen LogP contribution in [0.25, 0.3) is 0 Å². The number of hydrogen-bond acceptors (Lipinski definition) is 2. The van der Waals surface area contributed by atoms with Crippen molar-refractivity contribution in [2.24, 2.45) is 5.92 Å². The first-order valence-corrected chi connectivity index (χ1v) is 5.73. The van der Waals surface area contributed by atoms with E-state index < -0.39 is 0 Å². The molecule has 1 aliphatic rings. The molecule has 1 atom stereocenters. The molecule has 0 bridgehead atoms. The number of halogens is 1. The molecule has 1 heterocycles. The number of nitrogens with one attached hydrogen (secondary N) is 1. The first-order chi connectivity index (χ1) is 7.65. The van der Waals surface area contributed by atoms with Crippen molar-refractivity contribution in [3.05, 3.63) is 29.1 Å². The second kappa shape index (κ2) is 4.42. The molecular weight excluding hydrogens is 205 g/mol. The zero-order chi connectivity index (χ0) is 11.7. The molecule has 2 nitrogen and oxygen atoms in total. The van der Waals surface area contributed by atoms with Gasteiger partial charge in [-0.1, -0.05) is 13.8 Å². The molecule has 0 saturated carbocycles. The number of rotatable bonds is 2. The Bertz CT molecular complexity index is 390. The van der Waals surface area contributed by atoms with Crippen molar-refractivity contribution in [2.75, 3.05) is 13.7 Å². The van der Waals surface area contributed by atoms with Crippen molar-refractivity contribution >= 4 is 0 Å². The molecule has 1 unspecified atom stereocenters. The first kappa shape index (κ1) is 11.4. The Kier molecular flexibility index (Phi) is 3.15. The van der Waals surface area contributed by atoms with Gasteiger partial charge in [0.25, 0.3) is 0 Å². The molecule has 0 aromatic heterocycles. The summed E-state index contributed by atoms with van der Waals surface area (Å²) in [6.07, 6.45) is 0.833. The predicted molar refractivity (Wildman–Crippen MR) is 62.2 cm³/mol. The first-order valence-electron chi connectivity index (χ1n) is 5.73. The fourth-order valence-electron chi connectivity index (χ4n) is 2.43. The molecule has 1 aromatic carbocycles. The summed E-state index contributed by atoms with van der Waals surface area (Å²) in [4.78, 5) is 0. The van der Waals surface area contributed by atoms with Gasteiger partial charge in [0.05, 0.1) is 7.11 Å². The summed E-state index contributed by atoms with van der Waals surface area (Å²) in [7, 11) is 1.64. The Labute approximate surface area is 95.8 Å². The van der Waals surface area contributed by atoms with Gasteiger partial charge in [-0.2, -0.15) is 0 Å². The predicted octanol–water partition coefficient (Wildman–Crippen LogP) is 2.68. The smallest absolute Gasteiger partial charge is 0.128 e. The van der Waals surface area contributed by atoms with E-state index in [1.54, 1.807) is 13.2 Å². The number of fused-ring (bicyclic) bond motifs is 1. The van der Waals surface area contributed by atoms with Crippen LogP contribution in [0.15, 0.2) is 12.1 Å². The van der Waals surface area contributed by atoms with Gasteiger partial charge in [0.15, 0.2) is 0 Å². The molecule has 0 radical (unpaired) electrons. The van der Waals surface area contributed by atoms with E-state index in [1.165, 1.54) is 6.07 Å². The van der Waals surface area contributed by atoms with Gasteiger partial charge in [0.1, 0.15) is 11.6 Å². The van der Waals surface area contributed by atoms with Gasteiger partial charge in [-0.3, -0.25) is 0 Å². The van der Waals surface area contributed by atoms with Crippen molar-refractivity contribution in [3.8, 4) is 5.75 Å². The number of hydrogen-bond donors (Lipinski definition) is 1. The van der Waals surface area contributed by atoms with Gasteiger partial charge in [0.2, 0.25) is 0 Å². The molecular formula is C13H18FNO. The fraction of sp³-hybridized carbons (Fsp3) is 0.538. The minimum atomic E-state index is -0.123. The van der Waals surface area contributed by atoms with Gasteiger partial charge in [0, 0.05) is 17.2 Å². The average Bonchev–Trinajstić information content (AvgIpc) is 2.29. The standard InChI is InChI=1S/C13H18FNO/c1-8(2)13-12-9(6-7-15-13)11(16-3)5-4-10(12)14/h4-5,8,13,15H,6-7H2,1-3H3. The van der Waals surface area contributed by atoms with E-state index in [9.17, 15) is 4.39 Å². The highest BCUT2D eigenvalue weighted by Gasteiger charge is 2.27. The molecule has 1 aromatic rings. The average molecular weight is 223 g/mol. The van der Waals surface area contributed by atoms with E-state index in [1.807, 2.05) is 0 Å². The molecule has 1 aliphatic heterocycles. The lowest BCUT2D eigenvalue weighted by atomic mass is 9.87. The molecule has 16 heavy (non-hydrogen) atoms. The van der Waals surface area contributed by atoms with Gasteiger partial charge in [-0.15, -0.1) is 0 Å². The van der Waals surface area contributed by atoms with Crippen LogP contribution >= 0.6 is 0 Å². The highest BCUT2D eigenvalue weighted by atomic mass is 19.1. The summed E-state index contributed by atoms with van der Waals surface area (Å²) in [6.45, 7) is 5.09. The van der Waals surface area contributed by atoms with Crippen LogP contribution in [0.5, 0.6) is 5.75 Å². The normalized spacial score (nSPS) is 19.7. The molecule has 0 fully saturated rings. The SMILES string of the molecule is COc1ccc(F)c2c1CCNC2C(C)C. The van der Waals surface area contributed by atoms with Crippen LogP contribution in [-0.2, 0) is 6.42 Å². The lowest BCUT2D eigenvalue weighted by Gasteiger charge is -2.31. The summed E-state index contributed by atoms with van der Waals surface area (Å²) in [5.41, 5.74) is 1.82. The Morgan fingerprint density at radius 1 is 1.44 bits per heavy atom. The maximum atomic E-state index is 13.9. The van der Waals surface area contributed by atoms with Crippen LogP contribution in [0.3, 0.4) is 0 Å². The van der Waals surface area contributed by atoms with Gasteiger partial charge >= 0.3 is 0 Å². The van der Waals surface area contributed by atoms with Crippen LogP contribution in [-0.4, -0.2) is 13.7 Å². The van der Waals surface area contributed by atoms with Crippen molar-refractivity contribution < 1.29 is 9.13 Å². The maximum Gasteiger partial charge on any atom is 0.128 e. The van der Waals surface area contributed by atoms with E-state index in [0.717, 1.165) is 29.8 Å². The number of ether oxygens (including phenoxy) is 1. The van der Waals surface area contributed by atoms with E-state index in [0.29, 0.717) is 5.92 Å². The summed E-state index contributed by atoms with van der Waals surface area (Å²) < 4.78 is 19.2. The van der Waals surface area contributed by atoms with Gasteiger partial charge in [-0.05, 0) is 31.0 Å².